The summed E-state index contributed by atoms with van der Waals surface area (Å²) in [7, 11) is 0. The Kier molecular flexibility index (Phi) is 5.03. The molecule has 25 heavy (non-hydrogen) atoms. The van der Waals surface area contributed by atoms with Gasteiger partial charge in [-0.05, 0) is 49.4 Å². The second-order valence-corrected chi connectivity index (χ2v) is 6.19. The third-order valence-corrected chi connectivity index (χ3v) is 3.70. The Morgan fingerprint density at radius 1 is 0.880 bits per heavy atom. The first kappa shape index (κ1) is 17.0. The van der Waals surface area contributed by atoms with Crippen LogP contribution in [0.2, 0.25) is 10.0 Å². The second-order valence-electron chi connectivity index (χ2n) is 5.32. The molecule has 7 heteroatoms. The molecule has 3 rings (SSSR count). The maximum Gasteiger partial charge on any atom is 0.229 e. The average molecular weight is 370 g/mol. The van der Waals surface area contributed by atoms with Gasteiger partial charge in [0.25, 0.3) is 0 Å². The van der Waals surface area contributed by atoms with Gasteiger partial charge in [-0.1, -0.05) is 23.2 Å². The van der Waals surface area contributed by atoms with Crippen LogP contribution in [0.4, 0.5) is 23.1 Å². The van der Waals surface area contributed by atoms with Gasteiger partial charge in [-0.3, -0.25) is 0 Å². The molecule has 5 nitrogen and oxygen atoms in total. The zero-order chi connectivity index (χ0) is 17.8. The second kappa shape index (κ2) is 7.39. The molecule has 2 N–H and O–H groups in total. The number of benzene rings is 2. The fourth-order valence-corrected chi connectivity index (χ4v) is 2.75. The molecule has 0 fully saturated rings. The van der Waals surface area contributed by atoms with Crippen LogP contribution in [0.25, 0.3) is 0 Å². The Morgan fingerprint density at radius 2 is 1.56 bits per heavy atom. The first-order valence-electron chi connectivity index (χ1n) is 7.38. The van der Waals surface area contributed by atoms with Crippen molar-refractivity contribution in [3.05, 3.63) is 69.8 Å². The maximum absolute atomic E-state index is 8.85. The molecule has 0 bridgehead atoms. The number of hydrogen-bond acceptors (Lipinski definition) is 5. The molecule has 0 spiro atoms. The van der Waals surface area contributed by atoms with Gasteiger partial charge in [0.2, 0.25) is 5.95 Å². The first-order chi connectivity index (χ1) is 12.0. The summed E-state index contributed by atoms with van der Waals surface area (Å²) in [4.78, 5) is 8.81. The SMILES string of the molecule is Cc1cc(Nc2ccc(C#N)cc2)nc(Nc2cc(Cl)cc(Cl)c2)n1. The summed E-state index contributed by atoms with van der Waals surface area (Å²) in [6.45, 7) is 1.88. The van der Waals surface area contributed by atoms with E-state index in [1.807, 2.05) is 25.1 Å². The zero-order valence-corrected chi connectivity index (χ0v) is 14.7. The number of nitrogens with one attached hydrogen (secondary N) is 2. The van der Waals surface area contributed by atoms with Crippen molar-refractivity contribution < 1.29 is 0 Å². The number of nitriles is 1. The van der Waals surface area contributed by atoms with Crippen molar-refractivity contribution in [1.29, 1.82) is 5.26 Å². The summed E-state index contributed by atoms with van der Waals surface area (Å²) in [5.41, 5.74) is 2.92. The average Bonchev–Trinajstić information content (AvgIpc) is 2.54. The topological polar surface area (TPSA) is 73.6 Å². The normalized spacial score (nSPS) is 10.2. The van der Waals surface area contributed by atoms with Crippen molar-refractivity contribution in [3.8, 4) is 6.07 Å². The molecule has 2 aromatic carbocycles. The Bertz CT molecular complexity index is 928. The van der Waals surface area contributed by atoms with Crippen LogP contribution in [-0.4, -0.2) is 9.97 Å². The highest BCUT2D eigenvalue weighted by Crippen LogP contribution is 2.25. The summed E-state index contributed by atoms with van der Waals surface area (Å²) in [5.74, 6) is 1.06. The van der Waals surface area contributed by atoms with E-state index in [9.17, 15) is 0 Å². The summed E-state index contributed by atoms with van der Waals surface area (Å²) >= 11 is 12.0. The number of anilines is 4. The van der Waals surface area contributed by atoms with Gasteiger partial charge in [-0.2, -0.15) is 10.2 Å². The third-order valence-electron chi connectivity index (χ3n) is 3.26. The van der Waals surface area contributed by atoms with Gasteiger partial charge in [-0.25, -0.2) is 4.98 Å². The standard InChI is InChI=1S/C18H13Cl2N5/c1-11-6-17(23-15-4-2-12(10-21)3-5-15)25-18(22-11)24-16-8-13(19)7-14(20)9-16/h2-9H,1H3,(H2,22,23,24,25). The molecule has 0 aliphatic heterocycles. The van der Waals surface area contributed by atoms with Crippen molar-refractivity contribution in [3.63, 3.8) is 0 Å². The highest BCUT2D eigenvalue weighted by molar-refractivity contribution is 6.35. The summed E-state index contributed by atoms with van der Waals surface area (Å²) in [5, 5.41) is 16.2. The van der Waals surface area contributed by atoms with Gasteiger partial charge < -0.3 is 10.6 Å². The molecule has 1 aromatic heterocycles. The van der Waals surface area contributed by atoms with Crippen LogP contribution in [0.3, 0.4) is 0 Å². The number of aryl methyl sites for hydroxylation is 1. The lowest BCUT2D eigenvalue weighted by Gasteiger charge is -2.10. The fraction of sp³-hybridized carbons (Fsp3) is 0.0556. The van der Waals surface area contributed by atoms with E-state index in [4.69, 9.17) is 28.5 Å². The van der Waals surface area contributed by atoms with Crippen LogP contribution in [0.1, 0.15) is 11.3 Å². The number of nitrogens with zero attached hydrogens (tertiary/aromatic N) is 3. The van der Waals surface area contributed by atoms with Crippen LogP contribution < -0.4 is 10.6 Å². The highest BCUT2D eigenvalue weighted by Gasteiger charge is 2.05. The van der Waals surface area contributed by atoms with Gasteiger partial charge in [0, 0.05) is 33.2 Å². The van der Waals surface area contributed by atoms with E-state index in [2.05, 4.69) is 26.7 Å². The van der Waals surface area contributed by atoms with Gasteiger partial charge >= 0.3 is 0 Å². The van der Waals surface area contributed by atoms with Crippen LogP contribution in [0.5, 0.6) is 0 Å². The minimum atomic E-state index is 0.425. The molecule has 0 aliphatic rings. The fourth-order valence-electron chi connectivity index (χ4n) is 2.22. The van der Waals surface area contributed by atoms with Crippen molar-refractivity contribution in [1.82, 2.24) is 9.97 Å². The molecule has 124 valence electrons. The maximum atomic E-state index is 8.85. The van der Waals surface area contributed by atoms with E-state index in [1.165, 1.54) is 0 Å². The van der Waals surface area contributed by atoms with E-state index in [0.29, 0.717) is 33.1 Å². The Balaban J connectivity index is 1.83. The zero-order valence-electron chi connectivity index (χ0n) is 13.2. The predicted molar refractivity (Wildman–Crippen MR) is 101 cm³/mol. The Hall–Kier alpha value is -2.81. The molecule has 3 aromatic rings. The van der Waals surface area contributed by atoms with Crippen molar-refractivity contribution >= 4 is 46.3 Å². The highest BCUT2D eigenvalue weighted by atomic mass is 35.5. The smallest absolute Gasteiger partial charge is 0.229 e. The van der Waals surface area contributed by atoms with Gasteiger partial charge in [0.15, 0.2) is 0 Å². The minimum Gasteiger partial charge on any atom is -0.340 e. The summed E-state index contributed by atoms with van der Waals surface area (Å²) in [6.07, 6.45) is 0. The molecule has 0 aliphatic carbocycles. The van der Waals surface area contributed by atoms with E-state index in [0.717, 1.165) is 11.4 Å². The molecule has 0 radical (unpaired) electrons. The van der Waals surface area contributed by atoms with Gasteiger partial charge in [-0.15, -0.1) is 0 Å². The molecular weight excluding hydrogens is 357 g/mol. The molecule has 0 amide bonds. The van der Waals surface area contributed by atoms with E-state index < -0.39 is 0 Å². The van der Waals surface area contributed by atoms with Crippen molar-refractivity contribution in [2.75, 3.05) is 10.6 Å². The largest absolute Gasteiger partial charge is 0.340 e. The monoisotopic (exact) mass is 369 g/mol. The number of aromatic nitrogens is 2. The quantitative estimate of drug-likeness (QED) is 0.639. The lowest BCUT2D eigenvalue weighted by atomic mass is 10.2. The van der Waals surface area contributed by atoms with E-state index in [1.54, 1.807) is 30.3 Å². The molecule has 0 unspecified atom stereocenters. The number of hydrogen-bond donors (Lipinski definition) is 2. The number of rotatable bonds is 4. The summed E-state index contributed by atoms with van der Waals surface area (Å²) in [6, 6.07) is 16.2. The van der Waals surface area contributed by atoms with Crippen LogP contribution in [0.15, 0.2) is 48.5 Å². The Morgan fingerprint density at radius 3 is 2.20 bits per heavy atom. The molecule has 0 saturated carbocycles. The Labute approximate surface area is 155 Å². The lowest BCUT2D eigenvalue weighted by Crippen LogP contribution is -2.02. The van der Waals surface area contributed by atoms with Crippen LogP contribution in [0, 0.1) is 18.3 Å². The lowest BCUT2D eigenvalue weighted by molar-refractivity contribution is 1.11. The minimum absolute atomic E-state index is 0.425. The first-order valence-corrected chi connectivity index (χ1v) is 8.13. The third kappa shape index (κ3) is 4.60. The van der Waals surface area contributed by atoms with E-state index >= 15 is 0 Å². The summed E-state index contributed by atoms with van der Waals surface area (Å²) < 4.78 is 0. The molecule has 0 saturated heterocycles. The molecule has 1 heterocycles. The van der Waals surface area contributed by atoms with Gasteiger partial charge in [0.05, 0.1) is 11.6 Å². The van der Waals surface area contributed by atoms with Crippen molar-refractivity contribution in [2.24, 2.45) is 0 Å². The van der Waals surface area contributed by atoms with Crippen LogP contribution >= 0.6 is 23.2 Å². The van der Waals surface area contributed by atoms with Crippen LogP contribution in [-0.2, 0) is 0 Å². The molecular formula is C18H13Cl2N5. The predicted octanol–water partition coefficient (Wildman–Crippen LogP) is 5.45. The van der Waals surface area contributed by atoms with Crippen molar-refractivity contribution in [2.45, 2.75) is 6.92 Å². The van der Waals surface area contributed by atoms with Gasteiger partial charge in [0.1, 0.15) is 5.82 Å². The molecule has 0 atom stereocenters. The number of halogens is 2. The van der Waals surface area contributed by atoms with E-state index in [-0.39, 0.29) is 0 Å².